The Hall–Kier alpha value is -1.55. The SMILES string of the molecule is CC(N)COc1ccc(CC(=O)O)cc1. The fraction of sp³-hybridized carbons (Fsp3) is 0.364. The van der Waals surface area contributed by atoms with Gasteiger partial charge in [-0.3, -0.25) is 4.79 Å². The summed E-state index contributed by atoms with van der Waals surface area (Å²) in [6.07, 6.45) is 0.0353. The van der Waals surface area contributed by atoms with E-state index in [4.69, 9.17) is 15.6 Å². The smallest absolute Gasteiger partial charge is 0.307 e. The molecular formula is C11H15NO3. The Morgan fingerprint density at radius 3 is 2.53 bits per heavy atom. The molecule has 4 heteroatoms. The molecule has 0 saturated heterocycles. The first-order valence-electron chi connectivity index (χ1n) is 4.77. The summed E-state index contributed by atoms with van der Waals surface area (Å²) in [5.74, 6) is -0.124. The van der Waals surface area contributed by atoms with Crippen LogP contribution in [0, 0.1) is 0 Å². The van der Waals surface area contributed by atoms with E-state index < -0.39 is 5.97 Å². The third kappa shape index (κ3) is 4.46. The van der Waals surface area contributed by atoms with Crippen molar-refractivity contribution in [3.8, 4) is 5.75 Å². The molecule has 1 atom stereocenters. The molecule has 1 unspecified atom stereocenters. The predicted molar refractivity (Wildman–Crippen MR) is 56.9 cm³/mol. The average molecular weight is 209 g/mol. The summed E-state index contributed by atoms with van der Waals surface area (Å²) in [7, 11) is 0. The van der Waals surface area contributed by atoms with E-state index in [1.807, 2.05) is 6.92 Å². The maximum Gasteiger partial charge on any atom is 0.307 e. The van der Waals surface area contributed by atoms with Crippen LogP contribution in [0.4, 0.5) is 0 Å². The van der Waals surface area contributed by atoms with Crippen LogP contribution in [0.5, 0.6) is 5.75 Å². The van der Waals surface area contributed by atoms with E-state index in [2.05, 4.69) is 0 Å². The largest absolute Gasteiger partial charge is 0.492 e. The number of aliphatic carboxylic acids is 1. The van der Waals surface area contributed by atoms with Crippen LogP contribution in [0.3, 0.4) is 0 Å². The van der Waals surface area contributed by atoms with E-state index in [1.54, 1.807) is 24.3 Å². The van der Waals surface area contributed by atoms with Crippen molar-refractivity contribution in [1.82, 2.24) is 0 Å². The molecule has 0 saturated carbocycles. The number of carbonyl (C=O) groups is 1. The fourth-order valence-electron chi connectivity index (χ4n) is 1.11. The van der Waals surface area contributed by atoms with Gasteiger partial charge in [0.1, 0.15) is 12.4 Å². The first-order chi connectivity index (χ1) is 7.08. The van der Waals surface area contributed by atoms with Crippen LogP contribution in [0.2, 0.25) is 0 Å². The Balaban J connectivity index is 2.52. The molecule has 15 heavy (non-hydrogen) atoms. The number of nitrogens with two attached hydrogens (primary N) is 1. The summed E-state index contributed by atoms with van der Waals surface area (Å²) in [6, 6.07) is 6.97. The Morgan fingerprint density at radius 2 is 2.07 bits per heavy atom. The lowest BCUT2D eigenvalue weighted by Crippen LogP contribution is -2.23. The normalized spacial score (nSPS) is 12.1. The summed E-state index contributed by atoms with van der Waals surface area (Å²) < 4.78 is 5.35. The van der Waals surface area contributed by atoms with Gasteiger partial charge in [-0.2, -0.15) is 0 Å². The number of benzene rings is 1. The summed E-state index contributed by atoms with van der Waals surface area (Å²) in [5, 5.41) is 8.56. The lowest BCUT2D eigenvalue weighted by atomic mass is 10.1. The molecule has 0 radical (unpaired) electrons. The molecule has 0 aliphatic heterocycles. The topological polar surface area (TPSA) is 72.5 Å². The van der Waals surface area contributed by atoms with Gasteiger partial charge in [0.15, 0.2) is 0 Å². The lowest BCUT2D eigenvalue weighted by molar-refractivity contribution is -0.136. The van der Waals surface area contributed by atoms with Crippen molar-refractivity contribution in [2.75, 3.05) is 6.61 Å². The molecule has 0 aliphatic rings. The molecule has 0 heterocycles. The van der Waals surface area contributed by atoms with Crippen molar-refractivity contribution >= 4 is 5.97 Å². The van der Waals surface area contributed by atoms with Gasteiger partial charge >= 0.3 is 5.97 Å². The molecule has 1 aromatic carbocycles. The summed E-state index contributed by atoms with van der Waals surface area (Å²) in [5.41, 5.74) is 6.29. The number of carboxylic acid groups (broad SMARTS) is 1. The highest BCUT2D eigenvalue weighted by Gasteiger charge is 2.01. The summed E-state index contributed by atoms with van der Waals surface area (Å²) >= 11 is 0. The van der Waals surface area contributed by atoms with Gasteiger partial charge in [-0.1, -0.05) is 12.1 Å². The van der Waals surface area contributed by atoms with Crippen molar-refractivity contribution in [2.45, 2.75) is 19.4 Å². The van der Waals surface area contributed by atoms with E-state index >= 15 is 0 Å². The summed E-state index contributed by atoms with van der Waals surface area (Å²) in [6.45, 7) is 2.32. The average Bonchev–Trinajstić information content (AvgIpc) is 2.16. The molecule has 4 nitrogen and oxygen atoms in total. The number of ether oxygens (including phenoxy) is 1. The van der Waals surface area contributed by atoms with Gasteiger partial charge in [-0.05, 0) is 24.6 Å². The molecule has 1 rings (SSSR count). The van der Waals surface area contributed by atoms with Crippen LogP contribution in [0.15, 0.2) is 24.3 Å². The Kier molecular flexibility index (Phi) is 4.12. The second-order valence-corrected chi connectivity index (χ2v) is 3.50. The summed E-state index contributed by atoms with van der Waals surface area (Å²) in [4.78, 5) is 10.4. The van der Waals surface area contributed by atoms with Gasteiger partial charge in [-0.15, -0.1) is 0 Å². The third-order valence-electron chi connectivity index (χ3n) is 1.79. The second-order valence-electron chi connectivity index (χ2n) is 3.50. The van der Waals surface area contributed by atoms with E-state index in [0.29, 0.717) is 12.4 Å². The minimum Gasteiger partial charge on any atom is -0.492 e. The zero-order chi connectivity index (χ0) is 11.3. The molecule has 0 bridgehead atoms. The first-order valence-corrected chi connectivity index (χ1v) is 4.77. The standard InChI is InChI=1S/C11H15NO3/c1-8(12)7-15-10-4-2-9(3-5-10)6-11(13)14/h2-5,8H,6-7,12H2,1H3,(H,13,14). The van der Waals surface area contributed by atoms with Gasteiger partial charge in [0.05, 0.1) is 6.42 Å². The van der Waals surface area contributed by atoms with E-state index in [-0.39, 0.29) is 12.5 Å². The number of hydrogen-bond acceptors (Lipinski definition) is 3. The fourth-order valence-corrected chi connectivity index (χ4v) is 1.11. The molecule has 0 fully saturated rings. The zero-order valence-corrected chi connectivity index (χ0v) is 8.64. The molecule has 0 aromatic heterocycles. The van der Waals surface area contributed by atoms with Crippen molar-refractivity contribution in [2.24, 2.45) is 5.73 Å². The third-order valence-corrected chi connectivity index (χ3v) is 1.79. The predicted octanol–water partition coefficient (Wildman–Crippen LogP) is 1.04. The quantitative estimate of drug-likeness (QED) is 0.760. The Labute approximate surface area is 88.7 Å². The second kappa shape index (κ2) is 5.36. The number of rotatable bonds is 5. The van der Waals surface area contributed by atoms with Crippen LogP contribution in [-0.2, 0) is 11.2 Å². The molecule has 0 spiro atoms. The highest BCUT2D eigenvalue weighted by molar-refractivity contribution is 5.70. The van der Waals surface area contributed by atoms with Crippen LogP contribution in [0.25, 0.3) is 0 Å². The van der Waals surface area contributed by atoms with Crippen molar-refractivity contribution in [1.29, 1.82) is 0 Å². The van der Waals surface area contributed by atoms with Gasteiger partial charge in [-0.25, -0.2) is 0 Å². The van der Waals surface area contributed by atoms with Crippen LogP contribution < -0.4 is 10.5 Å². The maximum atomic E-state index is 10.4. The van der Waals surface area contributed by atoms with Crippen LogP contribution >= 0.6 is 0 Å². The van der Waals surface area contributed by atoms with Crippen molar-refractivity contribution < 1.29 is 14.6 Å². The van der Waals surface area contributed by atoms with Crippen molar-refractivity contribution in [3.63, 3.8) is 0 Å². The molecule has 0 aliphatic carbocycles. The molecule has 82 valence electrons. The van der Waals surface area contributed by atoms with Crippen LogP contribution in [0.1, 0.15) is 12.5 Å². The Morgan fingerprint density at radius 1 is 1.47 bits per heavy atom. The molecule has 1 aromatic rings. The zero-order valence-electron chi connectivity index (χ0n) is 8.64. The van der Waals surface area contributed by atoms with Gasteiger partial charge in [0, 0.05) is 6.04 Å². The monoisotopic (exact) mass is 209 g/mol. The molecular weight excluding hydrogens is 194 g/mol. The van der Waals surface area contributed by atoms with Gasteiger partial charge in [0.2, 0.25) is 0 Å². The van der Waals surface area contributed by atoms with Gasteiger partial charge in [0.25, 0.3) is 0 Å². The minimum absolute atomic E-state index is 0.0105. The van der Waals surface area contributed by atoms with E-state index in [9.17, 15) is 4.79 Å². The molecule has 0 amide bonds. The van der Waals surface area contributed by atoms with Crippen LogP contribution in [-0.4, -0.2) is 23.7 Å². The number of hydrogen-bond donors (Lipinski definition) is 2. The first kappa shape index (κ1) is 11.5. The Bertz CT molecular complexity index is 319. The van der Waals surface area contributed by atoms with E-state index in [1.165, 1.54) is 0 Å². The van der Waals surface area contributed by atoms with Gasteiger partial charge < -0.3 is 15.6 Å². The lowest BCUT2D eigenvalue weighted by Gasteiger charge is -2.08. The van der Waals surface area contributed by atoms with Crippen molar-refractivity contribution in [3.05, 3.63) is 29.8 Å². The highest BCUT2D eigenvalue weighted by atomic mass is 16.5. The van der Waals surface area contributed by atoms with E-state index in [0.717, 1.165) is 5.56 Å². The maximum absolute atomic E-state index is 10.4. The number of carboxylic acids is 1. The highest BCUT2D eigenvalue weighted by Crippen LogP contribution is 2.12. The minimum atomic E-state index is -0.834. The molecule has 3 N–H and O–H groups in total.